The van der Waals surface area contributed by atoms with Gasteiger partial charge in [0.05, 0.1) is 11.4 Å². The SMILES string of the molecule is CCCN1C(=O)[C@@H](CC)N(S(=O)(=O)c2ccc(O)cc2O)c2cc(F)ccc21. The van der Waals surface area contributed by atoms with Crippen molar-refractivity contribution in [1.29, 1.82) is 0 Å². The first-order valence-corrected chi connectivity index (χ1v) is 10.3. The van der Waals surface area contributed by atoms with Crippen LogP contribution in [0.5, 0.6) is 11.5 Å². The number of carbonyl (C=O) groups is 1. The van der Waals surface area contributed by atoms with E-state index in [4.69, 9.17) is 0 Å². The lowest BCUT2D eigenvalue weighted by Crippen LogP contribution is -2.55. The number of fused-ring (bicyclic) bond motifs is 1. The van der Waals surface area contributed by atoms with E-state index < -0.39 is 38.4 Å². The number of aromatic hydroxyl groups is 2. The predicted molar refractivity (Wildman–Crippen MR) is 103 cm³/mol. The number of sulfonamides is 1. The molecule has 0 aromatic heterocycles. The molecule has 9 heteroatoms. The normalized spacial score (nSPS) is 17.0. The molecule has 0 bridgehead atoms. The van der Waals surface area contributed by atoms with Crippen molar-refractivity contribution in [3.8, 4) is 11.5 Å². The number of phenols is 2. The Hall–Kier alpha value is -2.81. The van der Waals surface area contributed by atoms with Crippen molar-refractivity contribution in [2.45, 2.75) is 37.6 Å². The molecule has 0 unspecified atom stereocenters. The van der Waals surface area contributed by atoms with Crippen LogP contribution in [0, 0.1) is 5.82 Å². The van der Waals surface area contributed by atoms with Crippen LogP contribution in [0.2, 0.25) is 0 Å². The summed E-state index contributed by atoms with van der Waals surface area (Å²) < 4.78 is 41.6. The molecule has 1 aliphatic rings. The zero-order chi connectivity index (χ0) is 20.6. The number of amides is 1. The number of halogens is 1. The molecule has 1 aliphatic heterocycles. The fourth-order valence-electron chi connectivity index (χ4n) is 3.39. The highest BCUT2D eigenvalue weighted by atomic mass is 32.2. The molecule has 0 aliphatic carbocycles. The van der Waals surface area contributed by atoms with Crippen LogP contribution in [-0.4, -0.2) is 37.1 Å². The quantitative estimate of drug-likeness (QED) is 0.793. The first-order valence-electron chi connectivity index (χ1n) is 8.89. The molecule has 1 atom stereocenters. The smallest absolute Gasteiger partial charge is 0.268 e. The zero-order valence-electron chi connectivity index (χ0n) is 15.5. The van der Waals surface area contributed by atoms with Crippen molar-refractivity contribution in [3.63, 3.8) is 0 Å². The standard InChI is InChI=1S/C19H21FN2O5S/c1-3-9-21-15-7-5-12(20)10-16(15)22(14(4-2)19(21)25)28(26,27)18-8-6-13(23)11-17(18)24/h5-8,10-11,14,23-24H,3-4,9H2,1-2H3/t14-/m1/s1. The minimum Gasteiger partial charge on any atom is -0.508 e. The molecule has 0 spiro atoms. The highest BCUT2D eigenvalue weighted by molar-refractivity contribution is 7.93. The van der Waals surface area contributed by atoms with Crippen LogP contribution in [0.1, 0.15) is 26.7 Å². The zero-order valence-corrected chi connectivity index (χ0v) is 16.3. The van der Waals surface area contributed by atoms with Crippen molar-refractivity contribution in [2.24, 2.45) is 0 Å². The second-order valence-electron chi connectivity index (χ2n) is 6.50. The van der Waals surface area contributed by atoms with E-state index in [9.17, 15) is 27.8 Å². The lowest BCUT2D eigenvalue weighted by Gasteiger charge is -2.41. The topological polar surface area (TPSA) is 98.2 Å². The first kappa shape index (κ1) is 19.9. The monoisotopic (exact) mass is 408 g/mol. The van der Waals surface area contributed by atoms with Gasteiger partial charge >= 0.3 is 0 Å². The maximum Gasteiger partial charge on any atom is 0.268 e. The minimum absolute atomic E-state index is 0.0346. The molecule has 0 saturated heterocycles. The molecule has 3 rings (SSSR count). The number of benzene rings is 2. The largest absolute Gasteiger partial charge is 0.508 e. The van der Waals surface area contributed by atoms with Gasteiger partial charge < -0.3 is 15.1 Å². The van der Waals surface area contributed by atoms with Gasteiger partial charge in [-0.3, -0.25) is 9.10 Å². The van der Waals surface area contributed by atoms with Gasteiger partial charge in [-0.15, -0.1) is 0 Å². The van der Waals surface area contributed by atoms with Gasteiger partial charge in [-0.2, -0.15) is 0 Å². The highest BCUT2D eigenvalue weighted by Gasteiger charge is 2.44. The Morgan fingerprint density at radius 3 is 2.39 bits per heavy atom. The Kier molecular flexibility index (Phi) is 5.20. The summed E-state index contributed by atoms with van der Waals surface area (Å²) >= 11 is 0. The van der Waals surface area contributed by atoms with Gasteiger partial charge in [0.2, 0.25) is 0 Å². The van der Waals surface area contributed by atoms with Crippen molar-refractivity contribution in [1.82, 2.24) is 0 Å². The van der Waals surface area contributed by atoms with Crippen LogP contribution >= 0.6 is 0 Å². The Morgan fingerprint density at radius 1 is 1.07 bits per heavy atom. The van der Waals surface area contributed by atoms with E-state index in [-0.39, 0.29) is 17.9 Å². The average Bonchev–Trinajstić information content (AvgIpc) is 2.63. The van der Waals surface area contributed by atoms with E-state index in [1.54, 1.807) is 6.92 Å². The Bertz CT molecular complexity index is 1020. The Labute approximate surface area is 162 Å². The molecule has 0 radical (unpaired) electrons. The Balaban J connectivity index is 2.27. The third kappa shape index (κ3) is 3.15. The molecule has 1 amide bonds. The van der Waals surface area contributed by atoms with Gasteiger partial charge in [0.15, 0.2) is 0 Å². The lowest BCUT2D eigenvalue weighted by atomic mass is 10.1. The summed E-state index contributed by atoms with van der Waals surface area (Å²) in [5.41, 5.74) is 0.326. The summed E-state index contributed by atoms with van der Waals surface area (Å²) in [5.74, 6) is -2.02. The van der Waals surface area contributed by atoms with E-state index in [0.29, 0.717) is 18.7 Å². The van der Waals surface area contributed by atoms with E-state index in [0.717, 1.165) is 28.6 Å². The maximum absolute atomic E-state index is 14.0. The second kappa shape index (κ2) is 7.31. The lowest BCUT2D eigenvalue weighted by molar-refractivity contribution is -0.120. The molecular weight excluding hydrogens is 387 g/mol. The number of anilines is 2. The molecule has 2 aromatic rings. The molecular formula is C19H21FN2O5S. The third-order valence-corrected chi connectivity index (χ3v) is 6.48. The van der Waals surface area contributed by atoms with Gasteiger partial charge in [0.25, 0.3) is 15.9 Å². The van der Waals surface area contributed by atoms with Crippen LogP contribution in [0.4, 0.5) is 15.8 Å². The molecule has 7 nitrogen and oxygen atoms in total. The van der Waals surface area contributed by atoms with Gasteiger partial charge in [-0.1, -0.05) is 13.8 Å². The summed E-state index contributed by atoms with van der Waals surface area (Å²) in [6, 6.07) is 5.60. The minimum atomic E-state index is -4.41. The van der Waals surface area contributed by atoms with E-state index in [1.807, 2.05) is 6.92 Å². The summed E-state index contributed by atoms with van der Waals surface area (Å²) in [6.07, 6.45) is 0.803. The number of carbonyl (C=O) groups excluding carboxylic acids is 1. The van der Waals surface area contributed by atoms with Crippen molar-refractivity contribution in [3.05, 3.63) is 42.2 Å². The summed E-state index contributed by atoms with van der Waals surface area (Å²) in [5, 5.41) is 19.5. The van der Waals surface area contributed by atoms with Gasteiger partial charge in [-0.25, -0.2) is 12.8 Å². The highest BCUT2D eigenvalue weighted by Crippen LogP contribution is 2.42. The molecule has 1 heterocycles. The Morgan fingerprint density at radius 2 is 1.79 bits per heavy atom. The molecule has 150 valence electrons. The molecule has 0 fully saturated rings. The number of hydrogen-bond donors (Lipinski definition) is 2. The fraction of sp³-hybridized carbons (Fsp3) is 0.316. The summed E-state index contributed by atoms with van der Waals surface area (Å²) in [7, 11) is -4.41. The first-order chi connectivity index (χ1) is 13.2. The van der Waals surface area contributed by atoms with Crippen LogP contribution in [0.15, 0.2) is 41.3 Å². The fourth-order valence-corrected chi connectivity index (χ4v) is 5.14. The number of rotatable bonds is 5. The molecule has 0 saturated carbocycles. The van der Waals surface area contributed by atoms with E-state index in [2.05, 4.69) is 0 Å². The third-order valence-electron chi connectivity index (χ3n) is 4.61. The van der Waals surface area contributed by atoms with Crippen LogP contribution in [0.25, 0.3) is 0 Å². The number of nitrogens with zero attached hydrogens (tertiary/aromatic N) is 2. The maximum atomic E-state index is 14.0. The number of phenolic OH excluding ortho intramolecular Hbond substituents is 2. The number of hydrogen-bond acceptors (Lipinski definition) is 5. The van der Waals surface area contributed by atoms with Crippen molar-refractivity contribution >= 4 is 27.3 Å². The van der Waals surface area contributed by atoms with Gasteiger partial charge in [0.1, 0.15) is 28.3 Å². The predicted octanol–water partition coefficient (Wildman–Crippen LogP) is 2.97. The van der Waals surface area contributed by atoms with Crippen molar-refractivity contribution < 1.29 is 27.8 Å². The van der Waals surface area contributed by atoms with Crippen LogP contribution < -0.4 is 9.21 Å². The second-order valence-corrected chi connectivity index (χ2v) is 8.28. The van der Waals surface area contributed by atoms with Gasteiger partial charge in [-0.05, 0) is 37.1 Å². The van der Waals surface area contributed by atoms with Crippen LogP contribution in [-0.2, 0) is 14.8 Å². The molecule has 2 aromatic carbocycles. The summed E-state index contributed by atoms with van der Waals surface area (Å²) in [6.45, 7) is 3.91. The average molecular weight is 408 g/mol. The van der Waals surface area contributed by atoms with Gasteiger partial charge in [0, 0.05) is 18.7 Å². The molecule has 28 heavy (non-hydrogen) atoms. The van der Waals surface area contributed by atoms with E-state index >= 15 is 0 Å². The molecule has 2 N–H and O–H groups in total. The van der Waals surface area contributed by atoms with Crippen LogP contribution in [0.3, 0.4) is 0 Å². The van der Waals surface area contributed by atoms with E-state index in [1.165, 1.54) is 17.0 Å². The van der Waals surface area contributed by atoms with Crippen molar-refractivity contribution in [2.75, 3.05) is 15.7 Å². The summed E-state index contributed by atoms with van der Waals surface area (Å²) in [4.78, 5) is 14.0.